The molecular formula is C17H26N2O3. The number of carbonyl (C=O) groups excluding carboxylic acids is 1. The molecule has 1 N–H and O–H groups in total. The molecule has 122 valence electrons. The van der Waals surface area contributed by atoms with Gasteiger partial charge in [-0.25, -0.2) is 0 Å². The first-order valence-corrected chi connectivity index (χ1v) is 7.81. The maximum absolute atomic E-state index is 12.6. The minimum absolute atomic E-state index is 0.00834. The smallest absolute Gasteiger partial charge is 0.237 e. The van der Waals surface area contributed by atoms with Crippen LogP contribution >= 0.6 is 0 Å². The second kappa shape index (κ2) is 7.61. The summed E-state index contributed by atoms with van der Waals surface area (Å²) >= 11 is 0. The first-order valence-electron chi connectivity index (χ1n) is 7.81. The fourth-order valence-electron chi connectivity index (χ4n) is 2.84. The van der Waals surface area contributed by atoms with Crippen LogP contribution in [0.5, 0.6) is 5.75 Å². The van der Waals surface area contributed by atoms with E-state index in [1.165, 1.54) is 0 Å². The molecule has 1 aromatic carbocycles. The van der Waals surface area contributed by atoms with Gasteiger partial charge in [0.15, 0.2) is 0 Å². The zero-order chi connectivity index (χ0) is 16.1. The van der Waals surface area contributed by atoms with Crippen LogP contribution in [0.4, 0.5) is 0 Å². The Morgan fingerprint density at radius 1 is 1.45 bits per heavy atom. The Bertz CT molecular complexity index is 489. The zero-order valence-electron chi connectivity index (χ0n) is 13.7. The van der Waals surface area contributed by atoms with Crippen molar-refractivity contribution in [3.05, 3.63) is 29.8 Å². The van der Waals surface area contributed by atoms with Gasteiger partial charge in [0.05, 0.1) is 26.3 Å². The quantitative estimate of drug-likeness (QED) is 0.869. The van der Waals surface area contributed by atoms with E-state index >= 15 is 0 Å². The van der Waals surface area contributed by atoms with E-state index in [1.807, 2.05) is 48.0 Å². The van der Waals surface area contributed by atoms with Gasteiger partial charge in [-0.2, -0.15) is 0 Å². The van der Waals surface area contributed by atoms with E-state index in [0.29, 0.717) is 6.54 Å². The van der Waals surface area contributed by atoms with Crippen LogP contribution in [0.3, 0.4) is 0 Å². The molecule has 5 nitrogen and oxygen atoms in total. The van der Waals surface area contributed by atoms with Crippen LogP contribution in [0.25, 0.3) is 0 Å². The number of hydrogen-bond acceptors (Lipinski definition) is 4. The normalized spacial score (nSPS) is 19.5. The van der Waals surface area contributed by atoms with E-state index in [9.17, 15) is 9.90 Å². The number of likely N-dealkylation sites (tertiary alicyclic amines) is 1. The molecule has 0 saturated carbocycles. The van der Waals surface area contributed by atoms with Crippen LogP contribution in [0, 0.1) is 0 Å². The van der Waals surface area contributed by atoms with Crippen molar-refractivity contribution >= 4 is 5.91 Å². The van der Waals surface area contributed by atoms with Gasteiger partial charge >= 0.3 is 0 Å². The van der Waals surface area contributed by atoms with Gasteiger partial charge < -0.3 is 14.7 Å². The number of amides is 1. The number of benzene rings is 1. The number of ether oxygens (including phenoxy) is 1. The van der Waals surface area contributed by atoms with Crippen molar-refractivity contribution in [1.82, 2.24) is 9.80 Å². The molecule has 1 heterocycles. The largest absolute Gasteiger partial charge is 0.497 e. The summed E-state index contributed by atoms with van der Waals surface area (Å²) in [5.74, 6) is 0.956. The van der Waals surface area contributed by atoms with Crippen LogP contribution in [-0.4, -0.2) is 60.7 Å². The van der Waals surface area contributed by atoms with E-state index in [4.69, 9.17) is 4.74 Å². The van der Waals surface area contributed by atoms with Crippen molar-refractivity contribution < 1.29 is 14.6 Å². The fraction of sp³-hybridized carbons (Fsp3) is 0.588. The van der Waals surface area contributed by atoms with Crippen molar-refractivity contribution in [2.45, 2.75) is 31.8 Å². The summed E-state index contributed by atoms with van der Waals surface area (Å²) in [4.78, 5) is 16.4. The standard InChI is InChI=1S/C17H26N2O3/c1-13(12-20)18(2)11-17(21)19-10-4-5-16(19)14-6-8-15(22-3)9-7-14/h6-9,13,16,20H,4-5,10-12H2,1-3H3. The van der Waals surface area contributed by atoms with E-state index < -0.39 is 0 Å². The van der Waals surface area contributed by atoms with Gasteiger partial charge in [0.25, 0.3) is 0 Å². The summed E-state index contributed by atoms with van der Waals surface area (Å²) in [7, 11) is 3.52. The summed E-state index contributed by atoms with van der Waals surface area (Å²) in [5.41, 5.74) is 1.16. The second-order valence-electron chi connectivity index (χ2n) is 5.97. The lowest BCUT2D eigenvalue weighted by atomic mass is 10.0. The Morgan fingerprint density at radius 3 is 2.73 bits per heavy atom. The van der Waals surface area contributed by atoms with Crippen molar-refractivity contribution in [1.29, 1.82) is 0 Å². The number of nitrogens with zero attached hydrogens (tertiary/aromatic N) is 2. The third kappa shape index (κ3) is 3.78. The summed E-state index contributed by atoms with van der Waals surface area (Å²) < 4.78 is 5.19. The van der Waals surface area contributed by atoms with Gasteiger partial charge in [0.1, 0.15) is 5.75 Å². The molecule has 5 heteroatoms. The fourth-order valence-corrected chi connectivity index (χ4v) is 2.84. The van der Waals surface area contributed by atoms with Crippen molar-refractivity contribution in [3.8, 4) is 5.75 Å². The van der Waals surface area contributed by atoms with Crippen LogP contribution in [0.1, 0.15) is 31.4 Å². The third-order valence-electron chi connectivity index (χ3n) is 4.48. The number of likely N-dealkylation sites (N-methyl/N-ethyl adjacent to an activating group) is 1. The van der Waals surface area contributed by atoms with Crippen LogP contribution in [-0.2, 0) is 4.79 Å². The maximum atomic E-state index is 12.6. The lowest BCUT2D eigenvalue weighted by Gasteiger charge is -2.29. The summed E-state index contributed by atoms with van der Waals surface area (Å²) in [6.45, 7) is 3.12. The Hall–Kier alpha value is -1.59. The highest BCUT2D eigenvalue weighted by atomic mass is 16.5. The molecule has 0 radical (unpaired) electrons. The Balaban J connectivity index is 2.04. The summed E-state index contributed by atoms with van der Waals surface area (Å²) in [6, 6.07) is 8.10. The van der Waals surface area contributed by atoms with E-state index in [1.54, 1.807) is 7.11 Å². The van der Waals surface area contributed by atoms with Gasteiger partial charge in [0, 0.05) is 12.6 Å². The molecule has 1 aromatic rings. The highest BCUT2D eigenvalue weighted by Gasteiger charge is 2.30. The highest BCUT2D eigenvalue weighted by Crippen LogP contribution is 2.32. The first-order chi connectivity index (χ1) is 10.6. The predicted octanol–water partition coefficient (Wildman–Crippen LogP) is 1.67. The lowest BCUT2D eigenvalue weighted by Crippen LogP contribution is -2.42. The van der Waals surface area contributed by atoms with E-state index in [0.717, 1.165) is 30.7 Å². The summed E-state index contributed by atoms with van der Waals surface area (Å²) in [5, 5.41) is 9.18. The Labute approximate surface area is 132 Å². The molecule has 1 saturated heterocycles. The lowest BCUT2D eigenvalue weighted by molar-refractivity contribution is -0.133. The van der Waals surface area contributed by atoms with E-state index in [2.05, 4.69) is 0 Å². The van der Waals surface area contributed by atoms with Gasteiger partial charge in [-0.05, 0) is 44.5 Å². The first kappa shape index (κ1) is 16.8. The van der Waals surface area contributed by atoms with Crippen molar-refractivity contribution in [3.63, 3.8) is 0 Å². The predicted molar refractivity (Wildman–Crippen MR) is 85.9 cm³/mol. The minimum Gasteiger partial charge on any atom is -0.497 e. The van der Waals surface area contributed by atoms with Crippen molar-refractivity contribution in [2.75, 3.05) is 33.9 Å². The van der Waals surface area contributed by atoms with Gasteiger partial charge in [-0.1, -0.05) is 12.1 Å². The Morgan fingerprint density at radius 2 is 2.14 bits per heavy atom. The van der Waals surface area contributed by atoms with Gasteiger partial charge in [0.2, 0.25) is 5.91 Å². The topological polar surface area (TPSA) is 53.0 Å². The van der Waals surface area contributed by atoms with Crippen LogP contribution in [0.15, 0.2) is 24.3 Å². The SMILES string of the molecule is COc1ccc(C2CCCN2C(=O)CN(C)C(C)CO)cc1. The molecule has 1 aliphatic rings. The third-order valence-corrected chi connectivity index (χ3v) is 4.48. The zero-order valence-corrected chi connectivity index (χ0v) is 13.7. The average Bonchev–Trinajstić information content (AvgIpc) is 3.03. The molecule has 0 aromatic heterocycles. The number of aliphatic hydroxyl groups excluding tert-OH is 1. The van der Waals surface area contributed by atoms with Crippen molar-refractivity contribution in [2.24, 2.45) is 0 Å². The molecule has 1 fully saturated rings. The molecule has 0 spiro atoms. The van der Waals surface area contributed by atoms with Gasteiger partial charge in [-0.3, -0.25) is 9.69 Å². The highest BCUT2D eigenvalue weighted by molar-refractivity contribution is 5.79. The van der Waals surface area contributed by atoms with Crippen LogP contribution < -0.4 is 4.74 Å². The number of hydrogen-bond donors (Lipinski definition) is 1. The second-order valence-corrected chi connectivity index (χ2v) is 5.97. The molecule has 0 bridgehead atoms. The van der Waals surface area contributed by atoms with E-state index in [-0.39, 0.29) is 24.6 Å². The molecular weight excluding hydrogens is 280 g/mol. The molecule has 22 heavy (non-hydrogen) atoms. The average molecular weight is 306 g/mol. The monoisotopic (exact) mass is 306 g/mol. The minimum atomic E-state index is -0.00834. The molecule has 1 amide bonds. The molecule has 2 unspecified atom stereocenters. The number of methoxy groups -OCH3 is 1. The number of aliphatic hydroxyl groups is 1. The Kier molecular flexibility index (Phi) is 5.80. The van der Waals surface area contributed by atoms with Crippen LogP contribution in [0.2, 0.25) is 0 Å². The molecule has 0 aliphatic carbocycles. The number of carbonyl (C=O) groups is 1. The maximum Gasteiger partial charge on any atom is 0.237 e. The summed E-state index contributed by atoms with van der Waals surface area (Å²) in [6.07, 6.45) is 2.03. The number of rotatable bonds is 6. The molecule has 2 rings (SSSR count). The molecule has 1 aliphatic heterocycles. The van der Waals surface area contributed by atoms with Gasteiger partial charge in [-0.15, -0.1) is 0 Å². The molecule has 2 atom stereocenters.